The SMILES string of the molecule is CN(Cc1ccncc1)C(=S)NC1CC1. The highest BCUT2D eigenvalue weighted by molar-refractivity contribution is 7.80. The van der Waals surface area contributed by atoms with Crippen LogP contribution in [0.15, 0.2) is 24.5 Å². The van der Waals surface area contributed by atoms with E-state index in [-0.39, 0.29) is 0 Å². The third-order valence-electron chi connectivity index (χ3n) is 2.42. The summed E-state index contributed by atoms with van der Waals surface area (Å²) in [6.45, 7) is 0.834. The highest BCUT2D eigenvalue weighted by atomic mass is 32.1. The van der Waals surface area contributed by atoms with Gasteiger partial charge in [-0.3, -0.25) is 4.98 Å². The Hall–Kier alpha value is -1.16. The van der Waals surface area contributed by atoms with Crippen LogP contribution in [-0.4, -0.2) is 28.1 Å². The average Bonchev–Trinajstić information content (AvgIpc) is 3.03. The third-order valence-corrected chi connectivity index (χ3v) is 2.85. The van der Waals surface area contributed by atoms with E-state index >= 15 is 0 Å². The van der Waals surface area contributed by atoms with Gasteiger partial charge in [-0.05, 0) is 42.8 Å². The number of thiocarbonyl (C=S) groups is 1. The van der Waals surface area contributed by atoms with Gasteiger partial charge in [-0.25, -0.2) is 0 Å². The summed E-state index contributed by atoms with van der Waals surface area (Å²) in [5, 5.41) is 4.16. The number of aromatic nitrogens is 1. The van der Waals surface area contributed by atoms with E-state index in [0.29, 0.717) is 6.04 Å². The Bertz CT molecular complexity index is 335. The maximum absolute atomic E-state index is 5.29. The van der Waals surface area contributed by atoms with Crippen LogP contribution in [0.2, 0.25) is 0 Å². The molecule has 0 saturated heterocycles. The van der Waals surface area contributed by atoms with Crippen LogP contribution in [0.25, 0.3) is 0 Å². The number of rotatable bonds is 3. The fourth-order valence-corrected chi connectivity index (χ4v) is 1.58. The third kappa shape index (κ3) is 3.16. The fourth-order valence-electron chi connectivity index (χ4n) is 1.35. The number of pyridine rings is 1. The van der Waals surface area contributed by atoms with Crippen LogP contribution in [0.3, 0.4) is 0 Å². The molecular weight excluding hydrogens is 206 g/mol. The van der Waals surface area contributed by atoms with Gasteiger partial charge >= 0.3 is 0 Å². The molecule has 1 N–H and O–H groups in total. The summed E-state index contributed by atoms with van der Waals surface area (Å²) in [4.78, 5) is 6.05. The minimum absolute atomic E-state index is 0.623. The molecule has 0 unspecified atom stereocenters. The second-order valence-electron chi connectivity index (χ2n) is 3.94. The van der Waals surface area contributed by atoms with Gasteiger partial charge in [0.25, 0.3) is 0 Å². The van der Waals surface area contributed by atoms with Crippen molar-refractivity contribution in [3.63, 3.8) is 0 Å². The molecule has 80 valence electrons. The molecule has 0 atom stereocenters. The van der Waals surface area contributed by atoms with Crippen LogP contribution in [-0.2, 0) is 6.54 Å². The van der Waals surface area contributed by atoms with Crippen LogP contribution in [0.1, 0.15) is 18.4 Å². The summed E-state index contributed by atoms with van der Waals surface area (Å²) in [5.41, 5.74) is 1.23. The van der Waals surface area contributed by atoms with Gasteiger partial charge in [0.05, 0.1) is 0 Å². The molecule has 0 spiro atoms. The van der Waals surface area contributed by atoms with Gasteiger partial charge in [0.1, 0.15) is 0 Å². The topological polar surface area (TPSA) is 28.2 Å². The van der Waals surface area contributed by atoms with Crippen molar-refractivity contribution in [3.8, 4) is 0 Å². The first-order valence-corrected chi connectivity index (χ1v) is 5.57. The Morgan fingerprint density at radius 1 is 1.53 bits per heavy atom. The fraction of sp³-hybridized carbons (Fsp3) is 0.455. The van der Waals surface area contributed by atoms with E-state index in [1.807, 2.05) is 19.2 Å². The molecule has 0 amide bonds. The molecule has 1 aromatic heterocycles. The molecule has 1 heterocycles. The van der Waals surface area contributed by atoms with E-state index in [1.165, 1.54) is 18.4 Å². The standard InChI is InChI=1S/C11H15N3S/c1-14(11(15)13-10-2-3-10)8-9-4-6-12-7-5-9/h4-7,10H,2-3,8H2,1H3,(H,13,15). The minimum atomic E-state index is 0.623. The molecular formula is C11H15N3S. The second kappa shape index (κ2) is 4.57. The number of hydrogen-bond donors (Lipinski definition) is 1. The summed E-state index contributed by atoms with van der Waals surface area (Å²) < 4.78 is 0. The van der Waals surface area contributed by atoms with E-state index in [1.54, 1.807) is 12.4 Å². The first kappa shape index (κ1) is 10.4. The smallest absolute Gasteiger partial charge is 0.169 e. The van der Waals surface area contributed by atoms with Gasteiger partial charge in [0, 0.05) is 32.0 Å². The van der Waals surface area contributed by atoms with Crippen LogP contribution in [0.4, 0.5) is 0 Å². The van der Waals surface area contributed by atoms with Crippen molar-refractivity contribution < 1.29 is 0 Å². The molecule has 0 bridgehead atoms. The summed E-state index contributed by atoms with van der Waals surface area (Å²) >= 11 is 5.29. The molecule has 0 aromatic carbocycles. The predicted octanol–water partition coefficient (Wildman–Crippen LogP) is 1.55. The largest absolute Gasteiger partial charge is 0.360 e. The molecule has 1 aliphatic carbocycles. The second-order valence-corrected chi connectivity index (χ2v) is 4.32. The maximum atomic E-state index is 5.29. The van der Waals surface area contributed by atoms with Crippen LogP contribution < -0.4 is 5.32 Å². The summed E-state index contributed by atoms with van der Waals surface area (Å²) in [6.07, 6.45) is 6.12. The zero-order valence-electron chi connectivity index (χ0n) is 8.81. The normalized spacial score (nSPS) is 14.7. The van der Waals surface area contributed by atoms with E-state index in [9.17, 15) is 0 Å². The highest BCUT2D eigenvalue weighted by Gasteiger charge is 2.22. The number of hydrogen-bond acceptors (Lipinski definition) is 2. The van der Waals surface area contributed by atoms with Crippen molar-refractivity contribution in [1.29, 1.82) is 0 Å². The zero-order valence-corrected chi connectivity index (χ0v) is 9.63. The summed E-state index contributed by atoms with van der Waals surface area (Å²) in [6, 6.07) is 4.64. The first-order chi connectivity index (χ1) is 7.25. The molecule has 1 aromatic rings. The van der Waals surface area contributed by atoms with E-state index < -0.39 is 0 Å². The molecule has 4 heteroatoms. The Morgan fingerprint density at radius 2 is 2.20 bits per heavy atom. The number of nitrogens with one attached hydrogen (secondary N) is 1. The van der Waals surface area contributed by atoms with E-state index in [2.05, 4.69) is 15.2 Å². The van der Waals surface area contributed by atoms with Crippen molar-refractivity contribution in [2.45, 2.75) is 25.4 Å². The van der Waals surface area contributed by atoms with E-state index in [0.717, 1.165) is 11.7 Å². The Balaban J connectivity index is 1.85. The van der Waals surface area contributed by atoms with Crippen LogP contribution in [0.5, 0.6) is 0 Å². The maximum Gasteiger partial charge on any atom is 0.169 e. The lowest BCUT2D eigenvalue weighted by molar-refractivity contribution is 0.488. The molecule has 15 heavy (non-hydrogen) atoms. The predicted molar refractivity (Wildman–Crippen MR) is 64.5 cm³/mol. The van der Waals surface area contributed by atoms with Gasteiger partial charge in [-0.2, -0.15) is 0 Å². The Labute approximate surface area is 95.5 Å². The molecule has 2 rings (SSSR count). The highest BCUT2D eigenvalue weighted by Crippen LogP contribution is 2.19. The molecule has 3 nitrogen and oxygen atoms in total. The minimum Gasteiger partial charge on any atom is -0.360 e. The average molecular weight is 221 g/mol. The van der Waals surface area contributed by atoms with Crippen molar-refractivity contribution in [3.05, 3.63) is 30.1 Å². The Kier molecular flexibility index (Phi) is 3.16. The van der Waals surface area contributed by atoms with Crippen molar-refractivity contribution in [1.82, 2.24) is 15.2 Å². The first-order valence-electron chi connectivity index (χ1n) is 5.16. The zero-order chi connectivity index (χ0) is 10.7. The summed E-state index contributed by atoms with van der Waals surface area (Å²) in [7, 11) is 2.01. The van der Waals surface area contributed by atoms with Gasteiger partial charge in [-0.1, -0.05) is 0 Å². The van der Waals surface area contributed by atoms with Gasteiger partial charge in [-0.15, -0.1) is 0 Å². The van der Waals surface area contributed by atoms with Crippen molar-refractivity contribution >= 4 is 17.3 Å². The van der Waals surface area contributed by atoms with Crippen molar-refractivity contribution in [2.75, 3.05) is 7.05 Å². The van der Waals surface area contributed by atoms with Crippen LogP contribution in [0, 0.1) is 0 Å². The van der Waals surface area contributed by atoms with Gasteiger partial charge in [0.15, 0.2) is 5.11 Å². The molecule has 1 saturated carbocycles. The lowest BCUT2D eigenvalue weighted by Gasteiger charge is -2.20. The van der Waals surface area contributed by atoms with Crippen LogP contribution >= 0.6 is 12.2 Å². The van der Waals surface area contributed by atoms with Gasteiger partial charge < -0.3 is 10.2 Å². The molecule has 1 aliphatic rings. The lowest BCUT2D eigenvalue weighted by Crippen LogP contribution is -2.37. The quantitative estimate of drug-likeness (QED) is 0.784. The molecule has 1 fully saturated rings. The molecule has 0 aliphatic heterocycles. The molecule has 0 radical (unpaired) electrons. The van der Waals surface area contributed by atoms with Crippen molar-refractivity contribution in [2.24, 2.45) is 0 Å². The summed E-state index contributed by atoms with van der Waals surface area (Å²) in [5.74, 6) is 0. The van der Waals surface area contributed by atoms with Gasteiger partial charge in [0.2, 0.25) is 0 Å². The Morgan fingerprint density at radius 3 is 2.80 bits per heavy atom. The lowest BCUT2D eigenvalue weighted by atomic mass is 10.2. The number of nitrogens with zero attached hydrogens (tertiary/aromatic N) is 2. The van der Waals surface area contributed by atoms with E-state index in [4.69, 9.17) is 12.2 Å². The monoisotopic (exact) mass is 221 g/mol.